The molecule has 0 fully saturated rings. The Morgan fingerprint density at radius 3 is 2.05 bits per heavy atom. The van der Waals surface area contributed by atoms with Crippen LogP contribution < -0.4 is 0 Å². The van der Waals surface area contributed by atoms with Gasteiger partial charge in [-0.2, -0.15) is 0 Å². The third-order valence-corrected chi connectivity index (χ3v) is 4.55. The minimum Gasteiger partial charge on any atom is -0.0825 e. The van der Waals surface area contributed by atoms with Gasteiger partial charge in [0.15, 0.2) is 0 Å². The van der Waals surface area contributed by atoms with Gasteiger partial charge in [-0.25, -0.2) is 0 Å². The molecule has 0 nitrogen and oxygen atoms in total. The minimum atomic E-state index is 0.757. The fourth-order valence-corrected chi connectivity index (χ4v) is 2.91. The molecule has 0 aromatic rings. The standard InChI is InChI=1S/C20H40/c1-7-10-12-18(5)13-14-19(6)16-20(11-8-2)15-17(4)9-3/h15,17-19H,7-14,16H2,1-6H3. The fraction of sp³-hybridized carbons (Fsp3) is 0.900. The first kappa shape index (κ1) is 19.7. The van der Waals surface area contributed by atoms with Crippen LogP contribution in [0.5, 0.6) is 0 Å². The molecule has 3 atom stereocenters. The highest BCUT2D eigenvalue weighted by Crippen LogP contribution is 2.25. The molecule has 0 spiro atoms. The average molecular weight is 281 g/mol. The lowest BCUT2D eigenvalue weighted by molar-refractivity contribution is 0.399. The zero-order chi connectivity index (χ0) is 15.4. The highest BCUT2D eigenvalue weighted by atomic mass is 14.2. The summed E-state index contributed by atoms with van der Waals surface area (Å²) in [6.45, 7) is 14.1. The van der Waals surface area contributed by atoms with E-state index in [1.807, 2.05) is 0 Å². The van der Waals surface area contributed by atoms with Gasteiger partial charge in [0.25, 0.3) is 0 Å². The summed E-state index contributed by atoms with van der Waals surface area (Å²) < 4.78 is 0. The highest BCUT2D eigenvalue weighted by Gasteiger charge is 2.09. The Labute approximate surface area is 129 Å². The van der Waals surface area contributed by atoms with E-state index in [0.717, 1.165) is 17.8 Å². The van der Waals surface area contributed by atoms with Crippen molar-refractivity contribution in [3.8, 4) is 0 Å². The molecule has 0 heterocycles. The van der Waals surface area contributed by atoms with E-state index in [2.05, 4.69) is 47.6 Å². The minimum absolute atomic E-state index is 0.757. The summed E-state index contributed by atoms with van der Waals surface area (Å²) in [5.74, 6) is 2.54. The molecule has 0 aliphatic rings. The van der Waals surface area contributed by atoms with Gasteiger partial charge in [0.1, 0.15) is 0 Å². The maximum atomic E-state index is 2.56. The molecule has 3 unspecified atom stereocenters. The van der Waals surface area contributed by atoms with Gasteiger partial charge in [-0.05, 0) is 30.6 Å². The molecular formula is C20H40. The molecule has 0 saturated heterocycles. The summed E-state index contributed by atoms with van der Waals surface area (Å²) in [6.07, 6.45) is 14.8. The summed E-state index contributed by atoms with van der Waals surface area (Å²) >= 11 is 0. The first-order chi connectivity index (χ1) is 9.53. The Balaban J connectivity index is 4.12. The molecule has 0 saturated carbocycles. The number of hydrogen-bond acceptors (Lipinski definition) is 0. The van der Waals surface area contributed by atoms with Gasteiger partial charge in [-0.1, -0.05) is 98.1 Å². The van der Waals surface area contributed by atoms with Crippen molar-refractivity contribution in [2.45, 2.75) is 99.3 Å². The predicted molar refractivity (Wildman–Crippen MR) is 94.2 cm³/mol. The predicted octanol–water partition coefficient (Wildman–Crippen LogP) is 7.39. The van der Waals surface area contributed by atoms with Gasteiger partial charge in [-0.3, -0.25) is 0 Å². The molecule has 0 aromatic heterocycles. The third-order valence-electron chi connectivity index (χ3n) is 4.55. The van der Waals surface area contributed by atoms with E-state index in [4.69, 9.17) is 0 Å². The molecule has 120 valence electrons. The lowest BCUT2D eigenvalue weighted by Crippen LogP contribution is -2.03. The van der Waals surface area contributed by atoms with Crippen molar-refractivity contribution in [2.75, 3.05) is 0 Å². The van der Waals surface area contributed by atoms with E-state index >= 15 is 0 Å². The van der Waals surface area contributed by atoms with Crippen LogP contribution >= 0.6 is 0 Å². The molecule has 0 aliphatic carbocycles. The lowest BCUT2D eigenvalue weighted by Gasteiger charge is -2.18. The van der Waals surface area contributed by atoms with E-state index in [-0.39, 0.29) is 0 Å². The summed E-state index contributed by atoms with van der Waals surface area (Å²) in [4.78, 5) is 0. The van der Waals surface area contributed by atoms with E-state index in [1.165, 1.54) is 57.8 Å². The van der Waals surface area contributed by atoms with Gasteiger partial charge in [-0.15, -0.1) is 0 Å². The van der Waals surface area contributed by atoms with Crippen LogP contribution in [0.1, 0.15) is 99.3 Å². The quantitative estimate of drug-likeness (QED) is 0.327. The van der Waals surface area contributed by atoms with Crippen molar-refractivity contribution in [1.29, 1.82) is 0 Å². The molecule has 0 aliphatic heterocycles. The average Bonchev–Trinajstić information content (AvgIpc) is 2.42. The van der Waals surface area contributed by atoms with Crippen LogP contribution in [-0.4, -0.2) is 0 Å². The lowest BCUT2D eigenvalue weighted by atomic mass is 9.88. The number of unbranched alkanes of at least 4 members (excludes halogenated alkanes) is 1. The molecule has 0 rings (SSSR count). The molecule has 0 aromatic carbocycles. The van der Waals surface area contributed by atoms with Crippen LogP contribution in [0, 0.1) is 17.8 Å². The second-order valence-corrected chi connectivity index (χ2v) is 7.09. The monoisotopic (exact) mass is 280 g/mol. The summed E-state index contributed by atoms with van der Waals surface area (Å²) in [5, 5.41) is 0. The van der Waals surface area contributed by atoms with Crippen LogP contribution in [0.3, 0.4) is 0 Å². The van der Waals surface area contributed by atoms with Crippen LogP contribution in [0.4, 0.5) is 0 Å². The molecular weight excluding hydrogens is 240 g/mol. The molecule has 0 N–H and O–H groups in total. The van der Waals surface area contributed by atoms with Crippen LogP contribution in [-0.2, 0) is 0 Å². The number of hydrogen-bond donors (Lipinski definition) is 0. The third kappa shape index (κ3) is 10.5. The van der Waals surface area contributed by atoms with Crippen molar-refractivity contribution in [3.63, 3.8) is 0 Å². The molecule has 20 heavy (non-hydrogen) atoms. The fourth-order valence-electron chi connectivity index (χ4n) is 2.91. The van der Waals surface area contributed by atoms with Crippen molar-refractivity contribution < 1.29 is 0 Å². The van der Waals surface area contributed by atoms with Crippen LogP contribution in [0.25, 0.3) is 0 Å². The second kappa shape index (κ2) is 12.5. The largest absolute Gasteiger partial charge is 0.0825 e. The Morgan fingerprint density at radius 2 is 1.50 bits per heavy atom. The summed E-state index contributed by atoms with van der Waals surface area (Å²) in [6, 6.07) is 0. The van der Waals surface area contributed by atoms with E-state index in [1.54, 1.807) is 5.57 Å². The zero-order valence-electron chi connectivity index (χ0n) is 15.2. The SMILES string of the molecule is CCCCC(C)CCC(C)CC(=CC(C)CC)CCC. The number of rotatable bonds is 12. The Kier molecular flexibility index (Phi) is 12.3. The molecule has 0 bridgehead atoms. The normalized spacial score (nSPS) is 17.0. The zero-order valence-corrected chi connectivity index (χ0v) is 15.2. The first-order valence-electron chi connectivity index (χ1n) is 9.22. The maximum absolute atomic E-state index is 2.56. The van der Waals surface area contributed by atoms with Crippen LogP contribution in [0.2, 0.25) is 0 Å². The van der Waals surface area contributed by atoms with Gasteiger partial charge in [0.05, 0.1) is 0 Å². The van der Waals surface area contributed by atoms with Gasteiger partial charge >= 0.3 is 0 Å². The van der Waals surface area contributed by atoms with Crippen molar-refractivity contribution >= 4 is 0 Å². The maximum Gasteiger partial charge on any atom is -0.0262 e. The molecule has 0 amide bonds. The second-order valence-electron chi connectivity index (χ2n) is 7.09. The van der Waals surface area contributed by atoms with Gasteiger partial charge < -0.3 is 0 Å². The van der Waals surface area contributed by atoms with E-state index in [0.29, 0.717) is 0 Å². The topological polar surface area (TPSA) is 0 Å². The van der Waals surface area contributed by atoms with Gasteiger partial charge in [0, 0.05) is 0 Å². The number of allylic oxidation sites excluding steroid dienone is 2. The smallest absolute Gasteiger partial charge is 0.0262 e. The van der Waals surface area contributed by atoms with Crippen molar-refractivity contribution in [3.05, 3.63) is 11.6 Å². The first-order valence-corrected chi connectivity index (χ1v) is 9.22. The Morgan fingerprint density at radius 1 is 0.850 bits per heavy atom. The van der Waals surface area contributed by atoms with Crippen LogP contribution in [0.15, 0.2) is 11.6 Å². The summed E-state index contributed by atoms with van der Waals surface area (Å²) in [7, 11) is 0. The Bertz CT molecular complexity index is 238. The van der Waals surface area contributed by atoms with E-state index in [9.17, 15) is 0 Å². The van der Waals surface area contributed by atoms with Gasteiger partial charge in [0.2, 0.25) is 0 Å². The van der Waals surface area contributed by atoms with Crippen molar-refractivity contribution in [2.24, 2.45) is 17.8 Å². The Hall–Kier alpha value is -0.260. The highest BCUT2D eigenvalue weighted by molar-refractivity contribution is 5.04. The van der Waals surface area contributed by atoms with Crippen molar-refractivity contribution in [1.82, 2.24) is 0 Å². The summed E-state index contributed by atoms with van der Waals surface area (Å²) in [5.41, 5.74) is 1.72. The molecule has 0 heteroatoms. The van der Waals surface area contributed by atoms with E-state index < -0.39 is 0 Å². The molecule has 0 radical (unpaired) electrons.